The minimum atomic E-state index is -4.64. The lowest BCUT2D eigenvalue weighted by atomic mass is 10.1. The number of nitrogens with zero attached hydrogens (tertiary/aromatic N) is 2. The highest BCUT2D eigenvalue weighted by molar-refractivity contribution is 5.99. The van der Waals surface area contributed by atoms with Gasteiger partial charge in [0, 0.05) is 17.0 Å². The third kappa shape index (κ3) is 5.27. The molecule has 2 amide bonds. The largest absolute Gasteiger partial charge is 0.494 e. The van der Waals surface area contributed by atoms with Crippen LogP contribution in [-0.2, 0) is 11.0 Å². The number of oxazole rings is 1. The molecular weight excluding hydrogens is 479 g/mol. The zero-order valence-electron chi connectivity index (χ0n) is 19.7. The van der Waals surface area contributed by atoms with Gasteiger partial charge in [-0.2, -0.15) is 13.2 Å². The molecule has 0 saturated heterocycles. The number of nitrogens with two attached hydrogens (primary N) is 1. The predicted octanol–water partition coefficient (Wildman–Crippen LogP) is 3.73. The van der Waals surface area contributed by atoms with Crippen molar-refractivity contribution < 1.29 is 31.9 Å². The Morgan fingerprint density at radius 1 is 1.19 bits per heavy atom. The number of benzene rings is 1. The predicted molar refractivity (Wildman–Crippen MR) is 124 cm³/mol. The molecule has 1 aliphatic carbocycles. The number of halogens is 3. The Balaban J connectivity index is 1.64. The van der Waals surface area contributed by atoms with E-state index in [4.69, 9.17) is 14.9 Å². The van der Waals surface area contributed by atoms with Crippen molar-refractivity contribution in [3.05, 3.63) is 41.4 Å². The van der Waals surface area contributed by atoms with E-state index < -0.39 is 23.8 Å². The number of hydrogen-bond donors (Lipinski definition) is 3. The van der Waals surface area contributed by atoms with Gasteiger partial charge in [0.2, 0.25) is 11.8 Å². The van der Waals surface area contributed by atoms with E-state index in [1.807, 2.05) is 0 Å². The summed E-state index contributed by atoms with van der Waals surface area (Å²) in [7, 11) is 1.32. The van der Waals surface area contributed by atoms with Gasteiger partial charge >= 0.3 is 6.18 Å². The molecule has 0 bridgehead atoms. The Morgan fingerprint density at radius 3 is 2.56 bits per heavy atom. The van der Waals surface area contributed by atoms with E-state index in [2.05, 4.69) is 20.6 Å². The van der Waals surface area contributed by atoms with Crippen LogP contribution in [0.3, 0.4) is 0 Å². The molecule has 9 nitrogen and oxygen atoms in total. The third-order valence-electron chi connectivity index (χ3n) is 5.97. The highest BCUT2D eigenvalue weighted by atomic mass is 19.4. The second kappa shape index (κ2) is 10.1. The minimum absolute atomic E-state index is 0.0305. The second-order valence-electron chi connectivity index (χ2n) is 8.66. The zero-order valence-corrected chi connectivity index (χ0v) is 19.7. The standard InChI is InChI=1S/C24H26F3N5O4/c1-12(28)21-20(22(34)29-11-18(33)30-13-5-3-4-6-13)32-23(36-21)15-7-9-16(35-2)19-14(15)8-10-17(31-19)24(25,26)27/h7-10,12-13H,3-6,11,28H2,1-2H3,(H,29,34)(H,30,33)/t12-/m0/s1. The first-order valence-electron chi connectivity index (χ1n) is 11.5. The molecule has 1 atom stereocenters. The van der Waals surface area contributed by atoms with E-state index in [1.54, 1.807) is 13.0 Å². The molecule has 4 rings (SSSR count). The first-order valence-corrected chi connectivity index (χ1v) is 11.5. The lowest BCUT2D eigenvalue weighted by molar-refractivity contribution is -0.141. The number of fused-ring (bicyclic) bond motifs is 1. The fourth-order valence-corrected chi connectivity index (χ4v) is 4.21. The van der Waals surface area contributed by atoms with Gasteiger partial charge in [-0.3, -0.25) is 9.59 Å². The van der Waals surface area contributed by atoms with E-state index in [0.717, 1.165) is 31.7 Å². The van der Waals surface area contributed by atoms with Crippen LogP contribution < -0.4 is 21.1 Å². The summed E-state index contributed by atoms with van der Waals surface area (Å²) in [5, 5.41) is 5.69. The Kier molecular flexibility index (Phi) is 7.16. The Labute approximate surface area is 204 Å². The van der Waals surface area contributed by atoms with E-state index in [0.29, 0.717) is 5.56 Å². The van der Waals surface area contributed by atoms with E-state index in [1.165, 1.54) is 19.2 Å². The lowest BCUT2D eigenvalue weighted by Crippen LogP contribution is -2.41. The molecule has 2 aromatic heterocycles. The lowest BCUT2D eigenvalue weighted by Gasteiger charge is -2.12. The van der Waals surface area contributed by atoms with Crippen molar-refractivity contribution in [2.24, 2.45) is 5.73 Å². The summed E-state index contributed by atoms with van der Waals surface area (Å²) in [6, 6.07) is 4.46. The summed E-state index contributed by atoms with van der Waals surface area (Å²) >= 11 is 0. The molecule has 1 fully saturated rings. The number of ether oxygens (including phenoxy) is 1. The monoisotopic (exact) mass is 505 g/mol. The summed E-state index contributed by atoms with van der Waals surface area (Å²) < 4.78 is 50.7. The highest BCUT2D eigenvalue weighted by Gasteiger charge is 2.33. The van der Waals surface area contributed by atoms with E-state index >= 15 is 0 Å². The Bertz CT molecular complexity index is 1280. The normalized spacial score (nSPS) is 15.2. The summed E-state index contributed by atoms with van der Waals surface area (Å²) in [6.07, 6.45) is -0.698. The first-order chi connectivity index (χ1) is 17.1. The van der Waals surface area contributed by atoms with Crippen LogP contribution in [0, 0.1) is 0 Å². The zero-order chi connectivity index (χ0) is 26.0. The summed E-state index contributed by atoms with van der Waals surface area (Å²) in [5.41, 5.74) is 5.05. The molecule has 1 aromatic carbocycles. The minimum Gasteiger partial charge on any atom is -0.494 e. The maximum atomic E-state index is 13.2. The van der Waals surface area contributed by atoms with Gasteiger partial charge < -0.3 is 25.5 Å². The van der Waals surface area contributed by atoms with Crippen molar-refractivity contribution in [3.8, 4) is 17.2 Å². The van der Waals surface area contributed by atoms with Gasteiger partial charge in [-0.25, -0.2) is 9.97 Å². The van der Waals surface area contributed by atoms with Crippen LogP contribution in [0.5, 0.6) is 5.75 Å². The van der Waals surface area contributed by atoms with Crippen LogP contribution in [0.15, 0.2) is 28.7 Å². The number of hydrogen-bond acceptors (Lipinski definition) is 7. The highest BCUT2D eigenvalue weighted by Crippen LogP contribution is 2.37. The number of rotatable bonds is 7. The van der Waals surface area contributed by atoms with Gasteiger partial charge in [0.05, 0.1) is 19.7 Å². The van der Waals surface area contributed by atoms with Crippen molar-refractivity contribution in [1.82, 2.24) is 20.6 Å². The average Bonchev–Trinajstić information content (AvgIpc) is 3.51. The van der Waals surface area contributed by atoms with Crippen LogP contribution in [0.2, 0.25) is 0 Å². The van der Waals surface area contributed by atoms with Gasteiger partial charge in [-0.15, -0.1) is 0 Å². The van der Waals surface area contributed by atoms with Crippen molar-refractivity contribution in [3.63, 3.8) is 0 Å². The van der Waals surface area contributed by atoms with Gasteiger partial charge in [-0.05, 0) is 44.0 Å². The molecule has 0 radical (unpaired) electrons. The first kappa shape index (κ1) is 25.4. The molecule has 192 valence electrons. The summed E-state index contributed by atoms with van der Waals surface area (Å²) in [4.78, 5) is 33.0. The Morgan fingerprint density at radius 2 is 1.92 bits per heavy atom. The molecule has 3 aromatic rings. The smallest absolute Gasteiger partial charge is 0.433 e. The summed E-state index contributed by atoms with van der Waals surface area (Å²) in [6.45, 7) is 1.35. The molecular formula is C24H26F3N5O4. The number of carbonyl (C=O) groups excluding carboxylic acids is 2. The van der Waals surface area contributed by atoms with Crippen molar-refractivity contribution >= 4 is 22.7 Å². The number of pyridine rings is 1. The molecule has 36 heavy (non-hydrogen) atoms. The van der Waals surface area contributed by atoms with Crippen molar-refractivity contribution in [1.29, 1.82) is 0 Å². The summed E-state index contributed by atoms with van der Waals surface area (Å²) in [5.74, 6) is -0.798. The number of amides is 2. The number of aromatic nitrogens is 2. The molecule has 12 heteroatoms. The molecule has 1 aliphatic rings. The van der Waals surface area contributed by atoms with Gasteiger partial charge in [0.15, 0.2) is 11.5 Å². The van der Waals surface area contributed by atoms with Gasteiger partial charge in [0.25, 0.3) is 5.91 Å². The average molecular weight is 505 g/mol. The van der Waals surface area contributed by atoms with Crippen LogP contribution in [0.25, 0.3) is 22.4 Å². The fourth-order valence-electron chi connectivity index (χ4n) is 4.21. The molecule has 0 unspecified atom stereocenters. The molecule has 4 N–H and O–H groups in total. The molecule has 1 saturated carbocycles. The molecule has 0 aliphatic heterocycles. The van der Waals surface area contributed by atoms with Crippen molar-refractivity contribution in [2.75, 3.05) is 13.7 Å². The van der Waals surface area contributed by atoms with E-state index in [-0.39, 0.29) is 52.5 Å². The van der Waals surface area contributed by atoms with Gasteiger partial charge in [0.1, 0.15) is 17.0 Å². The molecule has 0 spiro atoms. The van der Waals surface area contributed by atoms with Crippen LogP contribution in [0.1, 0.15) is 60.6 Å². The fraction of sp³-hybridized carbons (Fsp3) is 0.417. The maximum absolute atomic E-state index is 13.2. The van der Waals surface area contributed by atoms with Crippen LogP contribution in [0.4, 0.5) is 13.2 Å². The third-order valence-corrected chi connectivity index (χ3v) is 5.97. The number of alkyl halides is 3. The topological polar surface area (TPSA) is 132 Å². The molecule has 2 heterocycles. The van der Waals surface area contributed by atoms with Crippen LogP contribution >= 0.6 is 0 Å². The van der Waals surface area contributed by atoms with Crippen LogP contribution in [-0.4, -0.2) is 41.5 Å². The Hall–Kier alpha value is -3.67. The van der Waals surface area contributed by atoms with Crippen molar-refractivity contribution in [2.45, 2.75) is 50.9 Å². The number of carbonyl (C=O) groups is 2. The van der Waals surface area contributed by atoms with Gasteiger partial charge in [-0.1, -0.05) is 12.8 Å². The number of methoxy groups -OCH3 is 1. The second-order valence-corrected chi connectivity index (χ2v) is 8.66. The SMILES string of the molecule is COc1ccc(-c2nc(C(=O)NCC(=O)NC3CCCC3)c([C@H](C)N)o2)c2ccc(C(F)(F)F)nc12. The quantitative estimate of drug-likeness (QED) is 0.446. The maximum Gasteiger partial charge on any atom is 0.433 e. The van der Waals surface area contributed by atoms with E-state index in [9.17, 15) is 22.8 Å². The number of nitrogens with one attached hydrogen (secondary N) is 2.